The summed E-state index contributed by atoms with van der Waals surface area (Å²) in [7, 11) is 0. The number of anilines is 1. The summed E-state index contributed by atoms with van der Waals surface area (Å²) >= 11 is 0. The van der Waals surface area contributed by atoms with Crippen molar-refractivity contribution in [2.24, 2.45) is 17.8 Å². The van der Waals surface area contributed by atoms with E-state index in [-0.39, 0.29) is 18.2 Å². The zero-order valence-electron chi connectivity index (χ0n) is 11.8. The first-order valence-corrected chi connectivity index (χ1v) is 7.42. The molecule has 0 aliphatic heterocycles. The molecule has 3 unspecified atom stereocenters. The number of carboxylic acids is 1. The van der Waals surface area contributed by atoms with Crippen LogP contribution in [0.25, 0.3) is 0 Å². The first-order valence-electron chi connectivity index (χ1n) is 7.42. The summed E-state index contributed by atoms with van der Waals surface area (Å²) in [5, 5.41) is 11.7. The van der Waals surface area contributed by atoms with Crippen LogP contribution in [0.1, 0.15) is 24.8 Å². The zero-order valence-corrected chi connectivity index (χ0v) is 11.8. The SMILES string of the molecule is O=C(O)CCc1cccc(NC(=O)C2CC3C=CC2C3)c1. The molecule has 2 aliphatic carbocycles. The Labute approximate surface area is 123 Å². The van der Waals surface area contributed by atoms with Crippen molar-refractivity contribution in [1.82, 2.24) is 0 Å². The van der Waals surface area contributed by atoms with Crippen LogP contribution in [0.2, 0.25) is 0 Å². The van der Waals surface area contributed by atoms with Gasteiger partial charge in [0.05, 0.1) is 0 Å². The third-order valence-corrected chi connectivity index (χ3v) is 4.44. The van der Waals surface area contributed by atoms with Gasteiger partial charge in [-0.05, 0) is 48.8 Å². The van der Waals surface area contributed by atoms with Gasteiger partial charge >= 0.3 is 5.97 Å². The van der Waals surface area contributed by atoms with Crippen LogP contribution in [0.3, 0.4) is 0 Å². The molecule has 4 nitrogen and oxygen atoms in total. The van der Waals surface area contributed by atoms with Gasteiger partial charge in [-0.1, -0.05) is 24.3 Å². The van der Waals surface area contributed by atoms with E-state index in [1.54, 1.807) is 0 Å². The van der Waals surface area contributed by atoms with Gasteiger partial charge in [0.15, 0.2) is 0 Å². The Morgan fingerprint density at radius 1 is 1.24 bits per heavy atom. The molecule has 3 atom stereocenters. The van der Waals surface area contributed by atoms with E-state index in [9.17, 15) is 9.59 Å². The van der Waals surface area contributed by atoms with Gasteiger partial charge in [-0.25, -0.2) is 0 Å². The number of nitrogens with one attached hydrogen (secondary N) is 1. The first kappa shape index (κ1) is 13.9. The number of fused-ring (bicyclic) bond motifs is 2. The number of rotatable bonds is 5. The fourth-order valence-electron chi connectivity index (χ4n) is 3.37. The number of carbonyl (C=O) groups is 2. The van der Waals surface area contributed by atoms with Crippen LogP contribution in [0.5, 0.6) is 0 Å². The molecule has 1 fully saturated rings. The summed E-state index contributed by atoms with van der Waals surface area (Å²) in [6.07, 6.45) is 7.04. The maximum atomic E-state index is 12.3. The molecule has 0 aromatic heterocycles. The monoisotopic (exact) mass is 285 g/mol. The lowest BCUT2D eigenvalue weighted by molar-refractivity contribution is -0.137. The molecular formula is C17H19NO3. The van der Waals surface area contributed by atoms with Gasteiger partial charge in [0.25, 0.3) is 0 Å². The summed E-state index contributed by atoms with van der Waals surface area (Å²) in [5.41, 5.74) is 1.69. The number of aliphatic carboxylic acids is 1. The van der Waals surface area contributed by atoms with Crippen molar-refractivity contribution in [3.8, 4) is 0 Å². The smallest absolute Gasteiger partial charge is 0.303 e. The van der Waals surface area contributed by atoms with Gasteiger partial charge in [0.1, 0.15) is 0 Å². The molecule has 0 heterocycles. The number of carbonyl (C=O) groups excluding carboxylic acids is 1. The number of carboxylic acid groups (broad SMARTS) is 1. The molecular weight excluding hydrogens is 266 g/mol. The Hall–Kier alpha value is -2.10. The van der Waals surface area contributed by atoms with Crippen molar-refractivity contribution in [1.29, 1.82) is 0 Å². The lowest BCUT2D eigenvalue weighted by atomic mass is 9.92. The van der Waals surface area contributed by atoms with Crippen LogP contribution in [0.15, 0.2) is 36.4 Å². The second-order valence-electron chi connectivity index (χ2n) is 5.97. The zero-order chi connectivity index (χ0) is 14.8. The Balaban J connectivity index is 1.62. The quantitative estimate of drug-likeness (QED) is 0.817. The van der Waals surface area contributed by atoms with E-state index in [4.69, 9.17) is 5.11 Å². The van der Waals surface area contributed by atoms with Gasteiger partial charge in [-0.3, -0.25) is 9.59 Å². The molecule has 110 valence electrons. The number of aryl methyl sites for hydroxylation is 1. The molecule has 21 heavy (non-hydrogen) atoms. The van der Waals surface area contributed by atoms with Crippen molar-refractivity contribution in [2.45, 2.75) is 25.7 Å². The average molecular weight is 285 g/mol. The van der Waals surface area contributed by atoms with Crippen molar-refractivity contribution >= 4 is 17.6 Å². The number of amides is 1. The van der Waals surface area contributed by atoms with Gasteiger partial charge < -0.3 is 10.4 Å². The Morgan fingerprint density at radius 2 is 2.10 bits per heavy atom. The van der Waals surface area contributed by atoms with E-state index in [0.29, 0.717) is 18.3 Å². The normalized spacial score (nSPS) is 26.0. The highest BCUT2D eigenvalue weighted by molar-refractivity contribution is 5.93. The van der Waals surface area contributed by atoms with Gasteiger partial charge in [0, 0.05) is 18.0 Å². The molecule has 4 heteroatoms. The predicted molar refractivity (Wildman–Crippen MR) is 79.9 cm³/mol. The lowest BCUT2D eigenvalue weighted by Gasteiger charge is -2.17. The van der Waals surface area contributed by atoms with Gasteiger partial charge in [-0.15, -0.1) is 0 Å². The van der Waals surface area contributed by atoms with Crippen molar-refractivity contribution < 1.29 is 14.7 Å². The van der Waals surface area contributed by atoms with Crippen molar-refractivity contribution in [2.75, 3.05) is 5.32 Å². The molecule has 1 saturated carbocycles. The van der Waals surface area contributed by atoms with Gasteiger partial charge in [0.2, 0.25) is 5.91 Å². The third-order valence-electron chi connectivity index (χ3n) is 4.44. The van der Waals surface area contributed by atoms with Crippen LogP contribution >= 0.6 is 0 Å². The van der Waals surface area contributed by atoms with E-state index < -0.39 is 5.97 Å². The molecule has 2 bridgehead atoms. The molecule has 2 aliphatic rings. The number of hydrogen-bond donors (Lipinski definition) is 2. The molecule has 0 saturated heterocycles. The van der Waals surface area contributed by atoms with E-state index in [0.717, 1.165) is 24.1 Å². The van der Waals surface area contributed by atoms with Crippen LogP contribution in [0.4, 0.5) is 5.69 Å². The average Bonchev–Trinajstić information content (AvgIpc) is 3.08. The largest absolute Gasteiger partial charge is 0.481 e. The highest BCUT2D eigenvalue weighted by Gasteiger charge is 2.39. The summed E-state index contributed by atoms with van der Waals surface area (Å²) in [4.78, 5) is 22.9. The second-order valence-corrected chi connectivity index (χ2v) is 5.97. The summed E-state index contributed by atoms with van der Waals surface area (Å²) < 4.78 is 0. The Bertz CT molecular complexity index is 593. The van der Waals surface area contributed by atoms with Crippen LogP contribution in [-0.2, 0) is 16.0 Å². The minimum atomic E-state index is -0.807. The fraction of sp³-hybridized carbons (Fsp3) is 0.412. The van der Waals surface area contributed by atoms with E-state index >= 15 is 0 Å². The fourth-order valence-corrected chi connectivity index (χ4v) is 3.37. The molecule has 2 N–H and O–H groups in total. The molecule has 0 spiro atoms. The molecule has 1 aromatic rings. The highest BCUT2D eigenvalue weighted by atomic mass is 16.4. The van der Waals surface area contributed by atoms with E-state index in [1.807, 2.05) is 24.3 Å². The minimum Gasteiger partial charge on any atom is -0.481 e. The summed E-state index contributed by atoms with van der Waals surface area (Å²) in [5.74, 6) is 0.334. The van der Waals surface area contributed by atoms with Crippen LogP contribution in [0, 0.1) is 17.8 Å². The van der Waals surface area contributed by atoms with Crippen molar-refractivity contribution in [3.63, 3.8) is 0 Å². The second kappa shape index (κ2) is 5.72. The third kappa shape index (κ3) is 3.15. The standard InChI is InChI=1S/C17H19NO3/c19-16(20)7-5-11-2-1-3-14(9-11)18-17(21)15-10-12-4-6-13(15)8-12/h1-4,6,9,12-13,15H,5,7-8,10H2,(H,18,21)(H,19,20). The predicted octanol–water partition coefficient (Wildman–Crippen LogP) is 2.85. The van der Waals surface area contributed by atoms with Crippen LogP contribution in [-0.4, -0.2) is 17.0 Å². The summed E-state index contributed by atoms with van der Waals surface area (Å²) in [6.45, 7) is 0. The lowest BCUT2D eigenvalue weighted by Crippen LogP contribution is -2.25. The minimum absolute atomic E-state index is 0.0854. The molecule has 1 aromatic carbocycles. The topological polar surface area (TPSA) is 66.4 Å². The molecule has 3 rings (SSSR count). The highest BCUT2D eigenvalue weighted by Crippen LogP contribution is 2.43. The first-order chi connectivity index (χ1) is 10.1. The number of hydrogen-bond acceptors (Lipinski definition) is 2. The maximum absolute atomic E-state index is 12.3. The van der Waals surface area contributed by atoms with Crippen molar-refractivity contribution in [3.05, 3.63) is 42.0 Å². The van der Waals surface area contributed by atoms with E-state index in [2.05, 4.69) is 17.5 Å². The van der Waals surface area contributed by atoms with E-state index in [1.165, 1.54) is 0 Å². The van der Waals surface area contributed by atoms with Gasteiger partial charge in [-0.2, -0.15) is 0 Å². The number of allylic oxidation sites excluding steroid dienone is 2. The molecule has 1 amide bonds. The summed E-state index contributed by atoms with van der Waals surface area (Å²) in [6, 6.07) is 7.46. The van der Waals surface area contributed by atoms with Crippen LogP contribution < -0.4 is 5.32 Å². The maximum Gasteiger partial charge on any atom is 0.303 e. The number of benzene rings is 1. The molecule has 0 radical (unpaired) electrons. The Kier molecular flexibility index (Phi) is 3.78. The Morgan fingerprint density at radius 3 is 2.76 bits per heavy atom.